The molecule has 1 saturated heterocycles. The van der Waals surface area contributed by atoms with Crippen LogP contribution in [0.4, 0.5) is 5.69 Å². The molecule has 0 spiro atoms. The van der Waals surface area contributed by atoms with E-state index < -0.39 is 0 Å². The van der Waals surface area contributed by atoms with Gasteiger partial charge in [0.25, 0.3) is 0 Å². The number of aliphatic imine (C=N–C) groups is 1. The molecule has 1 aromatic rings. The Hall–Kier alpha value is -1.55. The van der Waals surface area contributed by atoms with Gasteiger partial charge in [-0.25, -0.2) is 0 Å². The molecule has 1 heterocycles. The quantitative estimate of drug-likeness (QED) is 0.647. The number of guanidine groups is 1. The lowest BCUT2D eigenvalue weighted by Gasteiger charge is -2.18. The molecule has 4 nitrogen and oxygen atoms in total. The number of hydrogen-bond donors (Lipinski definition) is 2. The van der Waals surface area contributed by atoms with E-state index in [-0.39, 0.29) is 0 Å². The van der Waals surface area contributed by atoms with Gasteiger partial charge >= 0.3 is 0 Å². The van der Waals surface area contributed by atoms with Crippen LogP contribution in [0.25, 0.3) is 0 Å². The highest BCUT2D eigenvalue weighted by Gasteiger charge is 2.08. The molecule has 1 aliphatic heterocycles. The summed E-state index contributed by atoms with van der Waals surface area (Å²) in [5.74, 6) is 1.03. The van der Waals surface area contributed by atoms with Crippen LogP contribution in [-0.2, 0) is 0 Å². The maximum Gasteiger partial charge on any atom is 0.193 e. The predicted octanol–water partition coefficient (Wildman–Crippen LogP) is 3.41. The van der Waals surface area contributed by atoms with E-state index >= 15 is 0 Å². The number of nitrogens with one attached hydrogen (secondary N) is 1. The maximum absolute atomic E-state index is 6.00. The van der Waals surface area contributed by atoms with Crippen molar-refractivity contribution in [2.75, 3.05) is 31.5 Å². The second kappa shape index (κ2) is 8.79. The van der Waals surface area contributed by atoms with Crippen molar-refractivity contribution in [2.45, 2.75) is 45.4 Å². The summed E-state index contributed by atoms with van der Waals surface area (Å²) >= 11 is 0. The highest BCUT2D eigenvalue weighted by molar-refractivity contribution is 5.92. The van der Waals surface area contributed by atoms with Crippen LogP contribution < -0.4 is 11.1 Å². The third-order valence-electron chi connectivity index (χ3n) is 4.22. The predicted molar refractivity (Wildman–Crippen MR) is 95.6 cm³/mol. The highest BCUT2D eigenvalue weighted by atomic mass is 15.1. The molecule has 0 saturated carbocycles. The first kappa shape index (κ1) is 16.8. The fourth-order valence-corrected chi connectivity index (χ4v) is 2.83. The Morgan fingerprint density at radius 2 is 1.95 bits per heavy atom. The van der Waals surface area contributed by atoms with E-state index in [4.69, 9.17) is 5.73 Å². The number of hydrogen-bond acceptors (Lipinski definition) is 2. The summed E-state index contributed by atoms with van der Waals surface area (Å²) in [6.45, 7) is 8.57. The molecule has 22 heavy (non-hydrogen) atoms. The Balaban J connectivity index is 1.80. The summed E-state index contributed by atoms with van der Waals surface area (Å²) in [7, 11) is 0. The number of anilines is 1. The van der Waals surface area contributed by atoms with Crippen LogP contribution in [0.15, 0.2) is 29.3 Å². The zero-order chi connectivity index (χ0) is 15.8. The summed E-state index contributed by atoms with van der Waals surface area (Å²) < 4.78 is 0. The van der Waals surface area contributed by atoms with Crippen LogP contribution in [-0.4, -0.2) is 37.0 Å². The first-order valence-corrected chi connectivity index (χ1v) is 8.54. The molecule has 1 aliphatic rings. The Morgan fingerprint density at radius 1 is 1.23 bits per heavy atom. The largest absolute Gasteiger partial charge is 0.370 e. The van der Waals surface area contributed by atoms with Crippen LogP contribution in [0.1, 0.15) is 51.0 Å². The van der Waals surface area contributed by atoms with Gasteiger partial charge in [0.1, 0.15) is 0 Å². The van der Waals surface area contributed by atoms with E-state index in [0.29, 0.717) is 11.9 Å². The van der Waals surface area contributed by atoms with Crippen molar-refractivity contribution in [1.82, 2.24) is 4.90 Å². The van der Waals surface area contributed by atoms with Crippen LogP contribution in [0.3, 0.4) is 0 Å². The van der Waals surface area contributed by atoms with Crippen LogP contribution >= 0.6 is 0 Å². The molecule has 0 unspecified atom stereocenters. The zero-order valence-corrected chi connectivity index (χ0v) is 14.0. The summed E-state index contributed by atoms with van der Waals surface area (Å²) in [4.78, 5) is 6.96. The molecule has 0 amide bonds. The molecule has 122 valence electrons. The number of benzene rings is 1. The van der Waals surface area contributed by atoms with Crippen molar-refractivity contribution in [1.29, 1.82) is 0 Å². The fraction of sp³-hybridized carbons (Fsp3) is 0.611. The number of nitrogens with zero attached hydrogens (tertiary/aromatic N) is 2. The lowest BCUT2D eigenvalue weighted by Crippen LogP contribution is -2.29. The topological polar surface area (TPSA) is 53.6 Å². The van der Waals surface area contributed by atoms with Gasteiger partial charge in [0.05, 0.1) is 6.54 Å². The van der Waals surface area contributed by atoms with Gasteiger partial charge in [-0.15, -0.1) is 0 Å². The lowest BCUT2D eigenvalue weighted by molar-refractivity contribution is 0.293. The first-order valence-electron chi connectivity index (χ1n) is 8.54. The van der Waals surface area contributed by atoms with E-state index in [0.717, 1.165) is 18.8 Å². The second-order valence-corrected chi connectivity index (χ2v) is 6.43. The van der Waals surface area contributed by atoms with Gasteiger partial charge < -0.3 is 16.0 Å². The minimum Gasteiger partial charge on any atom is -0.370 e. The average molecular weight is 302 g/mol. The van der Waals surface area contributed by atoms with Gasteiger partial charge in [-0.1, -0.05) is 38.8 Å². The molecule has 0 radical (unpaired) electrons. The number of rotatable bonds is 5. The monoisotopic (exact) mass is 302 g/mol. The maximum atomic E-state index is 6.00. The third-order valence-corrected chi connectivity index (χ3v) is 4.22. The van der Waals surface area contributed by atoms with Gasteiger partial charge in [0.15, 0.2) is 5.96 Å². The van der Waals surface area contributed by atoms with E-state index in [1.165, 1.54) is 44.3 Å². The van der Waals surface area contributed by atoms with E-state index in [1.807, 2.05) is 6.07 Å². The third kappa shape index (κ3) is 5.68. The molecule has 1 aromatic carbocycles. The normalized spacial score (nSPS) is 17.5. The van der Waals surface area contributed by atoms with E-state index in [1.54, 1.807) is 0 Å². The summed E-state index contributed by atoms with van der Waals surface area (Å²) in [6, 6.07) is 8.37. The zero-order valence-electron chi connectivity index (χ0n) is 14.0. The second-order valence-electron chi connectivity index (χ2n) is 6.43. The van der Waals surface area contributed by atoms with Crippen molar-refractivity contribution in [3.63, 3.8) is 0 Å². The molecular formula is C18H30N4. The molecule has 0 bridgehead atoms. The average Bonchev–Trinajstić information content (AvgIpc) is 2.76. The summed E-state index contributed by atoms with van der Waals surface area (Å²) in [6.07, 6.45) is 5.38. The van der Waals surface area contributed by atoms with E-state index in [9.17, 15) is 0 Å². The van der Waals surface area contributed by atoms with Crippen LogP contribution in [0.5, 0.6) is 0 Å². The fourth-order valence-electron chi connectivity index (χ4n) is 2.83. The Bertz CT molecular complexity index is 474. The van der Waals surface area contributed by atoms with Gasteiger partial charge in [-0.3, -0.25) is 4.99 Å². The Morgan fingerprint density at radius 3 is 2.64 bits per heavy atom. The van der Waals surface area contributed by atoms with Crippen molar-refractivity contribution in [3.05, 3.63) is 29.8 Å². The standard InChI is InChI=1S/C18H30N4/c1-15(2)16-8-7-9-17(14-16)21-18(19)20-10-13-22-11-5-3-4-6-12-22/h7-9,14-15H,3-6,10-13H2,1-2H3,(H3,19,20,21). The molecular weight excluding hydrogens is 272 g/mol. The molecule has 4 heteroatoms. The summed E-state index contributed by atoms with van der Waals surface area (Å²) in [5, 5.41) is 3.20. The van der Waals surface area contributed by atoms with Crippen molar-refractivity contribution < 1.29 is 0 Å². The van der Waals surface area contributed by atoms with Crippen LogP contribution in [0, 0.1) is 0 Å². The number of nitrogens with two attached hydrogens (primary N) is 1. The smallest absolute Gasteiger partial charge is 0.193 e. The van der Waals surface area contributed by atoms with Gasteiger partial charge in [0, 0.05) is 12.2 Å². The van der Waals surface area contributed by atoms with Crippen molar-refractivity contribution in [2.24, 2.45) is 10.7 Å². The molecule has 0 atom stereocenters. The SMILES string of the molecule is CC(C)c1cccc(NC(N)=NCCN2CCCCCC2)c1. The van der Waals surface area contributed by atoms with Gasteiger partial charge in [0.2, 0.25) is 0 Å². The molecule has 3 N–H and O–H groups in total. The molecule has 1 fully saturated rings. The van der Waals surface area contributed by atoms with E-state index in [2.05, 4.69) is 47.3 Å². The lowest BCUT2D eigenvalue weighted by atomic mass is 10.0. The van der Waals surface area contributed by atoms with Crippen molar-refractivity contribution in [3.8, 4) is 0 Å². The summed E-state index contributed by atoms with van der Waals surface area (Å²) in [5.41, 5.74) is 8.32. The Labute approximate surface area is 134 Å². The molecule has 2 rings (SSSR count). The van der Waals surface area contributed by atoms with Gasteiger partial charge in [-0.05, 0) is 49.5 Å². The Kier molecular flexibility index (Phi) is 6.72. The first-order chi connectivity index (χ1) is 10.6. The van der Waals surface area contributed by atoms with Crippen molar-refractivity contribution >= 4 is 11.6 Å². The minimum absolute atomic E-state index is 0.510. The van der Waals surface area contributed by atoms with Crippen LogP contribution in [0.2, 0.25) is 0 Å². The molecule has 0 aromatic heterocycles. The van der Waals surface area contributed by atoms with Gasteiger partial charge in [-0.2, -0.15) is 0 Å². The highest BCUT2D eigenvalue weighted by Crippen LogP contribution is 2.18. The number of likely N-dealkylation sites (tertiary alicyclic amines) is 1. The molecule has 0 aliphatic carbocycles. The minimum atomic E-state index is 0.510.